The minimum atomic E-state index is -0.0181. The number of hydrogen-bond acceptors (Lipinski definition) is 3. The first-order valence-electron chi connectivity index (χ1n) is 9.30. The SMILES string of the molecule is CC(Nc1cncc(C(=O)NC2CCCCCC2)c1)c1ccccc1. The van der Waals surface area contributed by atoms with E-state index in [1.807, 2.05) is 24.3 Å². The molecule has 0 aliphatic heterocycles. The van der Waals surface area contributed by atoms with Crippen molar-refractivity contribution in [1.29, 1.82) is 0 Å². The van der Waals surface area contributed by atoms with E-state index in [0.29, 0.717) is 11.6 Å². The largest absolute Gasteiger partial charge is 0.377 e. The Labute approximate surface area is 150 Å². The number of pyridine rings is 1. The maximum Gasteiger partial charge on any atom is 0.253 e. The van der Waals surface area contributed by atoms with E-state index in [4.69, 9.17) is 0 Å². The summed E-state index contributed by atoms with van der Waals surface area (Å²) in [6.07, 6.45) is 10.6. The molecule has 132 valence electrons. The summed E-state index contributed by atoms with van der Waals surface area (Å²) in [5.74, 6) is -0.0181. The lowest BCUT2D eigenvalue weighted by Gasteiger charge is -2.18. The van der Waals surface area contributed by atoms with Crippen molar-refractivity contribution < 1.29 is 4.79 Å². The summed E-state index contributed by atoms with van der Waals surface area (Å²) >= 11 is 0. The van der Waals surface area contributed by atoms with Crippen molar-refractivity contribution >= 4 is 11.6 Å². The molecule has 0 saturated heterocycles. The van der Waals surface area contributed by atoms with Crippen LogP contribution in [0.4, 0.5) is 5.69 Å². The Bertz CT molecular complexity index is 679. The van der Waals surface area contributed by atoms with Crippen LogP contribution in [-0.4, -0.2) is 16.9 Å². The first-order chi connectivity index (χ1) is 12.2. The average Bonchev–Trinajstić information content (AvgIpc) is 2.91. The Morgan fingerprint density at radius 2 is 1.80 bits per heavy atom. The van der Waals surface area contributed by atoms with E-state index in [1.165, 1.54) is 31.2 Å². The molecule has 1 aliphatic rings. The maximum absolute atomic E-state index is 12.6. The molecule has 1 atom stereocenters. The van der Waals surface area contributed by atoms with Crippen LogP contribution in [0.25, 0.3) is 0 Å². The van der Waals surface area contributed by atoms with Gasteiger partial charge in [0.05, 0.1) is 11.3 Å². The molecule has 2 aromatic rings. The van der Waals surface area contributed by atoms with Gasteiger partial charge < -0.3 is 10.6 Å². The highest BCUT2D eigenvalue weighted by Crippen LogP contribution is 2.20. The summed E-state index contributed by atoms with van der Waals surface area (Å²) in [6.45, 7) is 2.10. The van der Waals surface area contributed by atoms with Gasteiger partial charge in [0, 0.05) is 24.5 Å². The molecule has 1 saturated carbocycles. The number of rotatable bonds is 5. The monoisotopic (exact) mass is 337 g/mol. The fourth-order valence-corrected chi connectivity index (χ4v) is 3.41. The van der Waals surface area contributed by atoms with Crippen LogP contribution in [0.5, 0.6) is 0 Å². The number of benzene rings is 1. The van der Waals surface area contributed by atoms with Crippen LogP contribution in [0.1, 0.15) is 67.4 Å². The fraction of sp³-hybridized carbons (Fsp3) is 0.429. The minimum Gasteiger partial charge on any atom is -0.377 e. The van der Waals surface area contributed by atoms with Gasteiger partial charge in [0.15, 0.2) is 0 Å². The van der Waals surface area contributed by atoms with Gasteiger partial charge in [0.25, 0.3) is 5.91 Å². The fourth-order valence-electron chi connectivity index (χ4n) is 3.41. The third-order valence-corrected chi connectivity index (χ3v) is 4.87. The van der Waals surface area contributed by atoms with E-state index in [1.54, 1.807) is 12.4 Å². The molecule has 1 aliphatic carbocycles. The first-order valence-corrected chi connectivity index (χ1v) is 9.30. The molecule has 3 rings (SSSR count). The van der Waals surface area contributed by atoms with Crippen molar-refractivity contribution in [2.24, 2.45) is 0 Å². The molecule has 25 heavy (non-hydrogen) atoms. The molecular weight excluding hydrogens is 310 g/mol. The van der Waals surface area contributed by atoms with Crippen LogP contribution in [0.2, 0.25) is 0 Å². The highest BCUT2D eigenvalue weighted by atomic mass is 16.1. The van der Waals surface area contributed by atoms with E-state index in [-0.39, 0.29) is 11.9 Å². The topological polar surface area (TPSA) is 54.0 Å². The molecule has 1 fully saturated rings. The number of carbonyl (C=O) groups excluding carboxylic acids is 1. The Hall–Kier alpha value is -2.36. The van der Waals surface area contributed by atoms with Crippen molar-refractivity contribution in [2.45, 2.75) is 57.5 Å². The maximum atomic E-state index is 12.6. The van der Waals surface area contributed by atoms with Crippen LogP contribution in [-0.2, 0) is 0 Å². The predicted molar refractivity (Wildman–Crippen MR) is 102 cm³/mol. The van der Waals surface area contributed by atoms with Crippen molar-refractivity contribution in [1.82, 2.24) is 10.3 Å². The van der Waals surface area contributed by atoms with Crippen molar-refractivity contribution in [3.63, 3.8) is 0 Å². The molecule has 4 heteroatoms. The molecular formula is C21H27N3O. The van der Waals surface area contributed by atoms with Crippen LogP contribution in [0.15, 0.2) is 48.8 Å². The number of nitrogens with zero attached hydrogens (tertiary/aromatic N) is 1. The van der Waals surface area contributed by atoms with Gasteiger partial charge in [-0.25, -0.2) is 0 Å². The number of hydrogen-bond donors (Lipinski definition) is 2. The quantitative estimate of drug-likeness (QED) is 0.777. The molecule has 1 unspecified atom stereocenters. The Morgan fingerprint density at radius 1 is 1.08 bits per heavy atom. The average molecular weight is 337 g/mol. The zero-order chi connectivity index (χ0) is 17.5. The molecule has 1 aromatic heterocycles. The van der Waals surface area contributed by atoms with Gasteiger partial charge in [-0.3, -0.25) is 9.78 Å². The summed E-state index contributed by atoms with van der Waals surface area (Å²) in [7, 11) is 0. The highest BCUT2D eigenvalue weighted by molar-refractivity contribution is 5.94. The molecule has 1 heterocycles. The number of aromatic nitrogens is 1. The zero-order valence-electron chi connectivity index (χ0n) is 14.9. The summed E-state index contributed by atoms with van der Waals surface area (Å²) in [4.78, 5) is 16.8. The normalized spacial score (nSPS) is 16.7. The smallest absolute Gasteiger partial charge is 0.253 e. The zero-order valence-corrected chi connectivity index (χ0v) is 14.9. The van der Waals surface area contributed by atoms with Crippen molar-refractivity contribution in [2.75, 3.05) is 5.32 Å². The number of anilines is 1. The summed E-state index contributed by atoms with van der Waals surface area (Å²) in [5.41, 5.74) is 2.69. The number of amides is 1. The van der Waals surface area contributed by atoms with Gasteiger partial charge in [-0.2, -0.15) is 0 Å². The van der Waals surface area contributed by atoms with E-state index in [9.17, 15) is 4.79 Å². The van der Waals surface area contributed by atoms with E-state index in [2.05, 4.69) is 34.7 Å². The molecule has 1 aromatic carbocycles. The van der Waals surface area contributed by atoms with Gasteiger partial charge in [0.2, 0.25) is 0 Å². The van der Waals surface area contributed by atoms with Gasteiger partial charge in [-0.15, -0.1) is 0 Å². The lowest BCUT2D eigenvalue weighted by molar-refractivity contribution is 0.0933. The lowest BCUT2D eigenvalue weighted by atomic mass is 10.1. The number of nitrogens with one attached hydrogen (secondary N) is 2. The standard InChI is InChI=1S/C21H27N3O/c1-16(17-9-5-4-6-10-17)23-20-13-18(14-22-15-20)21(25)24-19-11-7-2-3-8-12-19/h4-6,9-10,13-16,19,23H,2-3,7-8,11-12H2,1H3,(H,24,25). The first kappa shape index (κ1) is 17.5. The molecule has 4 nitrogen and oxygen atoms in total. The van der Waals surface area contributed by atoms with Crippen molar-refractivity contribution in [3.8, 4) is 0 Å². The van der Waals surface area contributed by atoms with Crippen molar-refractivity contribution in [3.05, 3.63) is 59.9 Å². The second-order valence-electron chi connectivity index (χ2n) is 6.90. The number of carbonyl (C=O) groups is 1. The summed E-state index contributed by atoms with van der Waals surface area (Å²) in [5, 5.41) is 6.61. The van der Waals surface area contributed by atoms with Gasteiger partial charge in [0.1, 0.15) is 0 Å². The van der Waals surface area contributed by atoms with Crippen LogP contribution >= 0.6 is 0 Å². The molecule has 2 N–H and O–H groups in total. The third-order valence-electron chi connectivity index (χ3n) is 4.87. The minimum absolute atomic E-state index is 0.0181. The van der Waals surface area contributed by atoms with Crippen LogP contribution in [0.3, 0.4) is 0 Å². The second-order valence-corrected chi connectivity index (χ2v) is 6.90. The summed E-state index contributed by atoms with van der Waals surface area (Å²) in [6, 6.07) is 12.6. The molecule has 0 radical (unpaired) electrons. The molecule has 0 bridgehead atoms. The van der Waals surface area contributed by atoms with Gasteiger partial charge >= 0.3 is 0 Å². The predicted octanol–water partition coefficient (Wildman–Crippen LogP) is 4.71. The molecule has 0 spiro atoms. The van der Waals surface area contributed by atoms with Gasteiger partial charge in [-0.1, -0.05) is 56.0 Å². The lowest BCUT2D eigenvalue weighted by Crippen LogP contribution is -2.34. The Balaban J connectivity index is 1.63. The summed E-state index contributed by atoms with van der Waals surface area (Å²) < 4.78 is 0. The van der Waals surface area contributed by atoms with Crippen LogP contribution < -0.4 is 10.6 Å². The third kappa shape index (κ3) is 5.05. The second kappa shape index (κ2) is 8.65. The Morgan fingerprint density at radius 3 is 2.52 bits per heavy atom. The van der Waals surface area contributed by atoms with Crippen LogP contribution in [0, 0.1) is 0 Å². The van der Waals surface area contributed by atoms with Gasteiger partial charge in [-0.05, 0) is 31.4 Å². The highest BCUT2D eigenvalue weighted by Gasteiger charge is 2.16. The van der Waals surface area contributed by atoms with E-state index in [0.717, 1.165) is 18.5 Å². The van der Waals surface area contributed by atoms with E-state index >= 15 is 0 Å². The van der Waals surface area contributed by atoms with E-state index < -0.39 is 0 Å². The molecule has 1 amide bonds. The Kier molecular flexibility index (Phi) is 6.04.